The molecule has 0 radical (unpaired) electrons. The summed E-state index contributed by atoms with van der Waals surface area (Å²) in [5.41, 5.74) is 5.83. The fraction of sp³-hybridized carbons (Fsp3) is 0.378. The first-order valence-corrected chi connectivity index (χ1v) is 18.3. The third kappa shape index (κ3) is 12.0. The number of anilines is 1. The molecule has 2 heterocycles. The number of unbranched alkanes of at least 4 members (excludes halogenated alkanes) is 2. The van der Waals surface area contributed by atoms with E-state index in [-0.39, 0.29) is 105 Å². The Kier molecular flexibility index (Phi) is 20.6. The summed E-state index contributed by atoms with van der Waals surface area (Å²) in [5.74, 6) is -1.10. The molecule has 4 rings (SSSR count). The molecule has 15 heteroatoms. The van der Waals surface area contributed by atoms with E-state index < -0.39 is 21.5 Å². The van der Waals surface area contributed by atoms with Crippen LogP contribution in [0, 0.1) is 6.92 Å². The van der Waals surface area contributed by atoms with Gasteiger partial charge in [-0.3, -0.25) is 5.04 Å². The molecule has 0 atom stereocenters. The average molecular weight is 777 g/mol. The van der Waals surface area contributed by atoms with Crippen molar-refractivity contribution in [2.45, 2.75) is 87.3 Å². The summed E-state index contributed by atoms with van der Waals surface area (Å²) in [5, 5.41) is 24.9. The molecular weight excluding hydrogens is 734 g/mol. The second-order valence-electron chi connectivity index (χ2n) is 13.2. The molecule has 0 saturated carbocycles. The van der Waals surface area contributed by atoms with Crippen LogP contribution in [0.25, 0.3) is 0 Å². The second-order valence-corrected chi connectivity index (χ2v) is 15.3. The third-order valence-electron chi connectivity index (χ3n) is 9.04. The van der Waals surface area contributed by atoms with E-state index >= 15 is 0 Å². The van der Waals surface area contributed by atoms with Gasteiger partial charge in [0.25, 0.3) is 0 Å². The topological polar surface area (TPSA) is 145 Å². The molecule has 0 amide bonds. The van der Waals surface area contributed by atoms with Crippen LogP contribution in [0.4, 0.5) is 11.4 Å². The molecule has 0 spiro atoms. The van der Waals surface area contributed by atoms with Crippen LogP contribution in [-0.4, -0.2) is 42.3 Å². The predicted molar refractivity (Wildman–Crippen MR) is 186 cm³/mol. The Morgan fingerprint density at radius 3 is 2.35 bits per heavy atom. The van der Waals surface area contributed by atoms with Crippen LogP contribution in [0.5, 0.6) is 0 Å². The molecule has 0 saturated heterocycles. The standard InChI is InChI=1S/C37H46N2O8S2.3Na/c1-7-8-22-38-31-20-18-27(48-47-46-42)24-29(31)36(3,4)33(38)15-11-13-26(2)14-12-16-34-37(5,6)30-25-28(49(43,44)45)19-21-32(30)39(34)23-10-9-17-35(40)41;;;/h11-16,18-21,24-25,42H,1,7-10,17,22-23H2,2-6H3,(H,40,41)(H,43,44,45);;;/q;3*+1/p-3. The van der Waals surface area contributed by atoms with Crippen LogP contribution in [0.1, 0.15) is 77.8 Å². The zero-order chi connectivity index (χ0) is 36.0. The molecule has 0 N–H and O–H groups in total. The van der Waals surface area contributed by atoms with E-state index in [1.165, 1.54) is 12.1 Å². The maximum Gasteiger partial charge on any atom is 1.00 e. The molecule has 10 nitrogen and oxygen atoms in total. The summed E-state index contributed by atoms with van der Waals surface area (Å²) in [7, 11) is -4.64. The van der Waals surface area contributed by atoms with Crippen molar-refractivity contribution in [3.05, 3.63) is 102 Å². The van der Waals surface area contributed by atoms with Crippen LogP contribution >= 0.6 is 12.0 Å². The van der Waals surface area contributed by atoms with Crippen LogP contribution in [0.15, 0.2) is 93.9 Å². The van der Waals surface area contributed by atoms with Gasteiger partial charge in [0.1, 0.15) is 16.7 Å². The second kappa shape index (κ2) is 21.7. The van der Waals surface area contributed by atoms with Gasteiger partial charge in [0, 0.05) is 51.9 Å². The van der Waals surface area contributed by atoms with Crippen molar-refractivity contribution in [3.8, 4) is 0 Å². The summed E-state index contributed by atoms with van der Waals surface area (Å²) in [4.78, 5) is 13.5. The number of carboxylic acid groups (broad SMARTS) is 1. The fourth-order valence-electron chi connectivity index (χ4n) is 6.50. The number of hydrogen-bond acceptors (Lipinski definition) is 10. The Bertz CT molecular complexity index is 1840. The zero-order valence-corrected chi connectivity index (χ0v) is 39.2. The Balaban J connectivity index is 0.00000451. The van der Waals surface area contributed by atoms with Crippen LogP contribution in [-0.2, 0) is 35.1 Å². The monoisotopic (exact) mass is 776 g/mol. The Labute approximate surface area is 379 Å². The first kappa shape index (κ1) is 49.5. The van der Waals surface area contributed by atoms with Crippen LogP contribution in [0.3, 0.4) is 0 Å². The zero-order valence-electron chi connectivity index (χ0n) is 31.6. The van der Waals surface area contributed by atoms with Gasteiger partial charge in [0.15, 0.2) is 5.71 Å². The minimum atomic E-state index is -4.64. The van der Waals surface area contributed by atoms with Gasteiger partial charge in [-0.05, 0) is 88.4 Å². The summed E-state index contributed by atoms with van der Waals surface area (Å²) in [6.07, 6.45) is 14.8. The van der Waals surface area contributed by atoms with Gasteiger partial charge in [-0.1, -0.05) is 43.7 Å². The van der Waals surface area contributed by atoms with Crippen molar-refractivity contribution in [2.75, 3.05) is 18.0 Å². The quantitative estimate of drug-likeness (QED) is 0.0194. The number of allylic oxidation sites excluding steroid dienone is 8. The van der Waals surface area contributed by atoms with E-state index in [0.29, 0.717) is 19.4 Å². The van der Waals surface area contributed by atoms with E-state index in [4.69, 9.17) is 0 Å². The molecule has 52 heavy (non-hydrogen) atoms. The number of hydrogen-bond donors (Lipinski definition) is 0. The van der Waals surface area contributed by atoms with E-state index in [9.17, 15) is 28.1 Å². The van der Waals surface area contributed by atoms with Gasteiger partial charge < -0.3 is 31.5 Å². The molecule has 0 fully saturated rings. The first-order chi connectivity index (χ1) is 23.1. The summed E-state index contributed by atoms with van der Waals surface area (Å²) >= 11 is 0.874. The van der Waals surface area contributed by atoms with Gasteiger partial charge in [-0.15, -0.1) is 0 Å². The molecule has 0 unspecified atom stereocenters. The number of fused-ring (bicyclic) bond motifs is 2. The van der Waals surface area contributed by atoms with Crippen LogP contribution < -0.4 is 104 Å². The molecule has 2 aromatic rings. The summed E-state index contributed by atoms with van der Waals surface area (Å²) < 4.78 is 42.3. The van der Waals surface area contributed by atoms with Crippen molar-refractivity contribution in [1.29, 1.82) is 0 Å². The number of benzene rings is 2. The Hall–Kier alpha value is -0.520. The molecule has 2 aliphatic rings. The van der Waals surface area contributed by atoms with E-state index in [0.717, 1.165) is 75.8 Å². The first-order valence-electron chi connectivity index (χ1n) is 16.2. The Morgan fingerprint density at radius 2 is 1.71 bits per heavy atom. The number of rotatable bonds is 16. The fourth-order valence-corrected chi connectivity index (χ4v) is 7.39. The van der Waals surface area contributed by atoms with Crippen molar-refractivity contribution in [1.82, 2.24) is 0 Å². The largest absolute Gasteiger partial charge is 1.00 e. The third-order valence-corrected chi connectivity index (χ3v) is 10.4. The van der Waals surface area contributed by atoms with E-state index in [2.05, 4.69) is 45.7 Å². The molecule has 0 aromatic heterocycles. The van der Waals surface area contributed by atoms with Crippen LogP contribution in [0.2, 0.25) is 0 Å². The van der Waals surface area contributed by atoms with Gasteiger partial charge in [0.2, 0.25) is 5.69 Å². The van der Waals surface area contributed by atoms with E-state index in [1.54, 1.807) is 6.07 Å². The van der Waals surface area contributed by atoms with Gasteiger partial charge in [-0.25, -0.2) is 8.42 Å². The number of carbonyl (C=O) groups excluding carboxylic acids is 1. The molecule has 0 bridgehead atoms. The molecule has 2 aliphatic heterocycles. The number of carbonyl (C=O) groups is 1. The predicted octanol–water partition coefficient (Wildman–Crippen LogP) is -3.52. The maximum absolute atomic E-state index is 11.8. The molecule has 2 aromatic carbocycles. The SMILES string of the molecule is [CH2-]CCC[N+]1=C(/C=C/C=C(C)/C=C/C=C2/N(CCCCC(=O)[O-])c3ccc(S(=O)(=O)[O-])cc3C2(C)C)C(C)(C)c2cc(SOO[O-])ccc21.[Na+].[Na+].[Na+]. The van der Waals surface area contributed by atoms with Crippen molar-refractivity contribution in [2.24, 2.45) is 0 Å². The number of nitrogens with zero attached hydrogens (tertiary/aromatic N) is 2. The molecule has 0 aliphatic carbocycles. The Morgan fingerprint density at radius 1 is 1.00 bits per heavy atom. The normalized spacial score (nSPS) is 16.9. The van der Waals surface area contributed by atoms with Gasteiger partial charge >= 0.3 is 88.7 Å². The number of aliphatic carboxylic acids is 1. The summed E-state index contributed by atoms with van der Waals surface area (Å²) in [6, 6.07) is 10.4. The number of carboxylic acids is 1. The summed E-state index contributed by atoms with van der Waals surface area (Å²) in [6.45, 7) is 15.6. The van der Waals surface area contributed by atoms with E-state index in [1.807, 2.05) is 69.4 Å². The van der Waals surface area contributed by atoms with Gasteiger partial charge in [0.05, 0.1) is 22.4 Å². The maximum atomic E-state index is 11.8. The minimum absolute atomic E-state index is 0. The molecular formula is C37H43N2Na3O8S2. The smallest absolute Gasteiger partial charge is 0.744 e. The van der Waals surface area contributed by atoms with Crippen molar-refractivity contribution in [3.63, 3.8) is 0 Å². The molecule has 264 valence electrons. The minimum Gasteiger partial charge on any atom is -0.744 e. The average Bonchev–Trinajstić information content (AvgIpc) is 3.38. The van der Waals surface area contributed by atoms with Gasteiger partial charge in [-0.2, -0.15) is 15.3 Å². The van der Waals surface area contributed by atoms with Crippen molar-refractivity contribution >= 4 is 45.2 Å². The van der Waals surface area contributed by atoms with Crippen molar-refractivity contribution < 1.29 is 131 Å².